The van der Waals surface area contributed by atoms with Crippen molar-refractivity contribution in [2.45, 2.75) is 0 Å². The van der Waals surface area contributed by atoms with Crippen molar-refractivity contribution in [1.82, 2.24) is 4.57 Å². The smallest absolute Gasteiger partial charge is 0.0976 e. The summed E-state index contributed by atoms with van der Waals surface area (Å²) in [5.74, 6) is 0. The van der Waals surface area contributed by atoms with Crippen LogP contribution in [0.3, 0.4) is 0 Å². The Morgan fingerprint density at radius 2 is 1.62 bits per heavy atom. The molecule has 0 aliphatic rings. The van der Waals surface area contributed by atoms with Crippen LogP contribution >= 0.6 is 0 Å². The van der Waals surface area contributed by atoms with Crippen LogP contribution in [0.15, 0.2) is 25.3 Å². The quantitative estimate of drug-likeness (QED) is 0.384. The maximum atomic E-state index is 3.61. The lowest BCUT2D eigenvalue weighted by Crippen LogP contribution is -2.19. The molecule has 0 heterocycles. The molecule has 0 spiro atoms. The van der Waals surface area contributed by atoms with Crippen molar-refractivity contribution in [1.29, 1.82) is 0 Å². The van der Waals surface area contributed by atoms with Gasteiger partial charge < -0.3 is 4.57 Å². The molecule has 0 aliphatic heterocycles. The number of hydrogen-bond donors (Lipinski definition) is 0. The van der Waals surface area contributed by atoms with E-state index in [1.165, 1.54) is 0 Å². The summed E-state index contributed by atoms with van der Waals surface area (Å²) in [4.78, 5) is 0. The van der Waals surface area contributed by atoms with Gasteiger partial charge in [-0.05, 0) is 0 Å². The van der Waals surface area contributed by atoms with Gasteiger partial charge in [-0.1, -0.05) is 12.2 Å². The summed E-state index contributed by atoms with van der Waals surface area (Å²) < 4.78 is 2.15. The summed E-state index contributed by atoms with van der Waals surface area (Å²) in [5, 5.41) is 0. The molecule has 0 aromatic heterocycles. The number of hydrogen-bond acceptors (Lipinski definition) is 1. The van der Waals surface area contributed by atoms with Crippen LogP contribution in [0.5, 0.6) is 0 Å². The Morgan fingerprint density at radius 1 is 1.25 bits per heavy atom. The normalized spacial score (nSPS) is 9.25. The lowest BCUT2D eigenvalue weighted by Gasteiger charge is -2.09. The van der Waals surface area contributed by atoms with E-state index >= 15 is 0 Å². The molecule has 0 aliphatic carbocycles. The first-order chi connectivity index (χ1) is 3.81. The van der Waals surface area contributed by atoms with E-state index in [1.807, 2.05) is 22.6 Å². The maximum absolute atomic E-state index is 3.61. The molecule has 0 aromatic carbocycles. The highest BCUT2D eigenvalue weighted by molar-refractivity contribution is 6.04. The average molecular weight is 126 g/mol. The summed E-state index contributed by atoms with van der Waals surface area (Å²) in [5.41, 5.74) is 0. The molecular weight excluding hydrogens is 114 g/mol. The second-order valence-corrected chi connectivity index (χ2v) is 2.51. The largest absolute Gasteiger partial charge is 0.324 e. The Morgan fingerprint density at radius 3 is 1.88 bits per heavy atom. The van der Waals surface area contributed by atoms with Gasteiger partial charge in [0, 0.05) is 13.1 Å². The third-order valence-electron chi connectivity index (χ3n) is 0.775. The first kappa shape index (κ1) is 7.66. The van der Waals surface area contributed by atoms with Crippen molar-refractivity contribution in [2.75, 3.05) is 13.1 Å². The van der Waals surface area contributed by atoms with Crippen LogP contribution in [-0.4, -0.2) is 28.1 Å². The zero-order valence-corrected chi connectivity index (χ0v) is 6.55. The minimum absolute atomic E-state index is 0.949. The minimum atomic E-state index is 0.949. The molecule has 0 aromatic rings. The van der Waals surface area contributed by atoms with E-state index in [4.69, 9.17) is 0 Å². The molecule has 0 bridgehead atoms. The lowest BCUT2D eigenvalue weighted by molar-refractivity contribution is 0.558. The van der Waals surface area contributed by atoms with E-state index in [9.17, 15) is 0 Å². The van der Waals surface area contributed by atoms with Gasteiger partial charge in [0.15, 0.2) is 0 Å². The third kappa shape index (κ3) is 3.83. The Hall–Kier alpha value is -0.343. The third-order valence-corrected chi connectivity index (χ3v) is 1.29. The molecule has 0 saturated heterocycles. The van der Waals surface area contributed by atoms with Crippen LogP contribution in [0, 0.1) is 0 Å². The predicted octanol–water partition coefficient (Wildman–Crippen LogP) is 0.209. The first-order valence-electron chi connectivity index (χ1n) is 2.58. The van der Waals surface area contributed by atoms with Crippen molar-refractivity contribution in [2.24, 2.45) is 0 Å². The van der Waals surface area contributed by atoms with Gasteiger partial charge >= 0.3 is 0 Å². The molecular formula is C6H12NSi. The van der Waals surface area contributed by atoms with Gasteiger partial charge in [-0.25, -0.2) is 0 Å². The van der Waals surface area contributed by atoms with E-state index in [2.05, 4.69) is 17.7 Å². The van der Waals surface area contributed by atoms with Crippen LogP contribution < -0.4 is 0 Å². The van der Waals surface area contributed by atoms with Crippen LogP contribution in [-0.2, 0) is 0 Å². The van der Waals surface area contributed by atoms with Gasteiger partial charge in [0.2, 0.25) is 0 Å². The summed E-state index contributed by atoms with van der Waals surface area (Å²) in [6, 6.07) is 0. The van der Waals surface area contributed by atoms with Crippen molar-refractivity contribution >= 4 is 10.4 Å². The van der Waals surface area contributed by atoms with Crippen molar-refractivity contribution < 1.29 is 0 Å². The molecule has 1 nitrogen and oxygen atoms in total. The van der Waals surface area contributed by atoms with Crippen LogP contribution in [0.2, 0.25) is 0 Å². The maximum Gasteiger partial charge on any atom is 0.0976 e. The Labute approximate surface area is 54.2 Å². The van der Waals surface area contributed by atoms with Crippen molar-refractivity contribution in [3.63, 3.8) is 0 Å². The highest BCUT2D eigenvalue weighted by atomic mass is 28.2. The molecule has 1 radical (unpaired) electrons. The fourth-order valence-corrected chi connectivity index (χ4v) is 0.805. The van der Waals surface area contributed by atoms with E-state index < -0.39 is 0 Å². The van der Waals surface area contributed by atoms with Gasteiger partial charge in [0.25, 0.3) is 0 Å². The molecule has 0 amide bonds. The SMILES string of the molecule is C=CCN([SiH2])CC=C. The van der Waals surface area contributed by atoms with Gasteiger partial charge in [-0.2, -0.15) is 0 Å². The van der Waals surface area contributed by atoms with E-state index in [0.717, 1.165) is 13.1 Å². The molecule has 0 rings (SSSR count). The molecule has 0 atom stereocenters. The van der Waals surface area contributed by atoms with Crippen LogP contribution in [0.1, 0.15) is 0 Å². The summed E-state index contributed by atoms with van der Waals surface area (Å²) in [7, 11) is 1.84. The van der Waals surface area contributed by atoms with Gasteiger partial charge in [0.1, 0.15) is 0 Å². The van der Waals surface area contributed by atoms with Gasteiger partial charge in [-0.3, -0.25) is 0 Å². The van der Waals surface area contributed by atoms with Crippen LogP contribution in [0.4, 0.5) is 0 Å². The Bertz CT molecular complexity index is 70.6. The van der Waals surface area contributed by atoms with Gasteiger partial charge in [0.05, 0.1) is 10.4 Å². The average Bonchev–Trinajstić information content (AvgIpc) is 1.68. The zero-order chi connectivity index (χ0) is 6.41. The van der Waals surface area contributed by atoms with Crippen molar-refractivity contribution in [3.8, 4) is 0 Å². The monoisotopic (exact) mass is 126 g/mol. The lowest BCUT2D eigenvalue weighted by atomic mass is 10.5. The van der Waals surface area contributed by atoms with Crippen molar-refractivity contribution in [3.05, 3.63) is 25.3 Å². The first-order valence-corrected chi connectivity index (χ1v) is 3.21. The Kier molecular flexibility index (Phi) is 4.60. The summed E-state index contributed by atoms with van der Waals surface area (Å²) in [6.07, 6.45) is 3.77. The fourth-order valence-electron chi connectivity index (χ4n) is 0.440. The summed E-state index contributed by atoms with van der Waals surface area (Å²) >= 11 is 0. The second-order valence-electron chi connectivity index (χ2n) is 1.61. The second kappa shape index (κ2) is 4.81. The number of rotatable bonds is 4. The van der Waals surface area contributed by atoms with E-state index in [-0.39, 0.29) is 0 Å². The zero-order valence-electron chi connectivity index (χ0n) is 5.14. The minimum Gasteiger partial charge on any atom is -0.324 e. The molecule has 0 unspecified atom stereocenters. The molecule has 45 valence electrons. The summed E-state index contributed by atoms with van der Waals surface area (Å²) in [6.45, 7) is 9.12. The number of nitrogens with zero attached hydrogens (tertiary/aromatic N) is 1. The standard InChI is InChI=1S/C6H12NSi/c1-3-5-7(8)6-4-2/h3-4H,1-2,5-6,8H2. The molecule has 2 heteroatoms. The highest BCUT2D eigenvalue weighted by Gasteiger charge is 1.86. The Balaban J connectivity index is 3.16. The van der Waals surface area contributed by atoms with E-state index in [0.29, 0.717) is 0 Å². The molecule has 8 heavy (non-hydrogen) atoms. The molecule has 0 N–H and O–H groups in total. The highest BCUT2D eigenvalue weighted by Crippen LogP contribution is 1.78. The van der Waals surface area contributed by atoms with Crippen LogP contribution in [0.25, 0.3) is 0 Å². The molecule has 0 saturated carbocycles. The predicted molar refractivity (Wildman–Crippen MR) is 40.5 cm³/mol. The van der Waals surface area contributed by atoms with E-state index in [1.54, 1.807) is 0 Å². The molecule has 0 fully saturated rings. The van der Waals surface area contributed by atoms with Gasteiger partial charge in [-0.15, -0.1) is 13.2 Å². The fraction of sp³-hybridized carbons (Fsp3) is 0.333. The topological polar surface area (TPSA) is 3.24 Å².